The molecule has 3 rings (SSSR count). The molecule has 1 fully saturated rings. The van der Waals surface area contributed by atoms with Gasteiger partial charge < -0.3 is 5.32 Å². The molecule has 1 unspecified atom stereocenters. The van der Waals surface area contributed by atoms with Gasteiger partial charge in [0.1, 0.15) is 5.82 Å². The molecule has 0 radical (unpaired) electrons. The number of hydrogen-bond acceptors (Lipinski definition) is 3. The van der Waals surface area contributed by atoms with Crippen LogP contribution in [-0.4, -0.2) is 21.7 Å². The molecular formula is C13H14Cl2N4. The van der Waals surface area contributed by atoms with Crippen LogP contribution in [0.25, 0.3) is 11.4 Å². The minimum absolute atomic E-state index is 0.276. The zero-order valence-electron chi connectivity index (χ0n) is 10.3. The third-order valence-electron chi connectivity index (χ3n) is 3.32. The second kappa shape index (κ2) is 5.49. The number of hydrogen-bond donors (Lipinski definition) is 2. The molecule has 2 N–H and O–H groups in total. The van der Waals surface area contributed by atoms with E-state index < -0.39 is 0 Å². The summed E-state index contributed by atoms with van der Waals surface area (Å²) in [4.78, 5) is 4.54. The molecule has 2 aromatic rings. The lowest BCUT2D eigenvalue weighted by Crippen LogP contribution is -2.27. The Hall–Kier alpha value is -1.10. The lowest BCUT2D eigenvalue weighted by atomic mass is 10.0. The van der Waals surface area contributed by atoms with Crippen LogP contribution in [0, 0.1) is 0 Å². The van der Waals surface area contributed by atoms with Gasteiger partial charge in [0.25, 0.3) is 0 Å². The van der Waals surface area contributed by atoms with Crippen molar-refractivity contribution in [3.05, 3.63) is 34.1 Å². The lowest BCUT2D eigenvalue weighted by Gasteiger charge is -2.20. The van der Waals surface area contributed by atoms with E-state index in [-0.39, 0.29) is 6.04 Å². The number of nitrogens with one attached hydrogen (secondary N) is 2. The van der Waals surface area contributed by atoms with Crippen molar-refractivity contribution in [3.8, 4) is 11.4 Å². The molecule has 2 heterocycles. The summed E-state index contributed by atoms with van der Waals surface area (Å²) >= 11 is 11.9. The quantitative estimate of drug-likeness (QED) is 0.890. The molecule has 0 aliphatic carbocycles. The van der Waals surface area contributed by atoms with Gasteiger partial charge >= 0.3 is 0 Å². The maximum absolute atomic E-state index is 6.01. The minimum atomic E-state index is 0.276. The molecule has 1 aliphatic heterocycles. The zero-order chi connectivity index (χ0) is 13.2. The number of piperidine rings is 1. The first-order chi connectivity index (χ1) is 9.24. The maximum atomic E-state index is 6.01. The highest BCUT2D eigenvalue weighted by Crippen LogP contribution is 2.28. The highest BCUT2D eigenvalue weighted by molar-refractivity contribution is 6.42. The monoisotopic (exact) mass is 296 g/mol. The van der Waals surface area contributed by atoms with Crippen molar-refractivity contribution in [2.24, 2.45) is 0 Å². The van der Waals surface area contributed by atoms with Gasteiger partial charge in [0.05, 0.1) is 16.1 Å². The second-order valence-corrected chi connectivity index (χ2v) is 5.49. The second-order valence-electron chi connectivity index (χ2n) is 4.68. The first kappa shape index (κ1) is 12.9. The third kappa shape index (κ3) is 2.76. The van der Waals surface area contributed by atoms with Crippen LogP contribution in [0.1, 0.15) is 31.1 Å². The van der Waals surface area contributed by atoms with E-state index in [9.17, 15) is 0 Å². The van der Waals surface area contributed by atoms with E-state index in [4.69, 9.17) is 23.2 Å². The van der Waals surface area contributed by atoms with Crippen molar-refractivity contribution in [2.45, 2.75) is 25.3 Å². The third-order valence-corrected chi connectivity index (χ3v) is 4.06. The first-order valence-corrected chi connectivity index (χ1v) is 7.11. The van der Waals surface area contributed by atoms with Crippen LogP contribution >= 0.6 is 23.2 Å². The van der Waals surface area contributed by atoms with Crippen molar-refractivity contribution < 1.29 is 0 Å². The Bertz CT molecular complexity index is 576. The van der Waals surface area contributed by atoms with Crippen LogP contribution in [0.3, 0.4) is 0 Å². The number of aromatic amines is 1. The van der Waals surface area contributed by atoms with Gasteiger partial charge in [-0.05, 0) is 37.6 Å². The topological polar surface area (TPSA) is 53.6 Å². The molecule has 1 aromatic heterocycles. The fraction of sp³-hybridized carbons (Fsp3) is 0.385. The van der Waals surface area contributed by atoms with E-state index in [0.717, 1.165) is 24.4 Å². The van der Waals surface area contributed by atoms with Gasteiger partial charge in [-0.3, -0.25) is 5.10 Å². The maximum Gasteiger partial charge on any atom is 0.181 e. The summed E-state index contributed by atoms with van der Waals surface area (Å²) in [6, 6.07) is 5.69. The predicted molar refractivity (Wildman–Crippen MR) is 76.4 cm³/mol. The van der Waals surface area contributed by atoms with Crippen molar-refractivity contribution in [3.63, 3.8) is 0 Å². The molecule has 6 heteroatoms. The summed E-state index contributed by atoms with van der Waals surface area (Å²) in [5.41, 5.74) is 0.868. The molecule has 1 aliphatic rings. The van der Waals surface area contributed by atoms with E-state index in [1.807, 2.05) is 6.07 Å². The van der Waals surface area contributed by atoms with Gasteiger partial charge in [0.2, 0.25) is 0 Å². The Morgan fingerprint density at radius 2 is 2.05 bits per heavy atom. The number of rotatable bonds is 2. The summed E-state index contributed by atoms with van der Waals surface area (Å²) < 4.78 is 0. The number of H-pyrrole nitrogens is 1. The first-order valence-electron chi connectivity index (χ1n) is 6.35. The van der Waals surface area contributed by atoms with E-state index in [2.05, 4.69) is 20.5 Å². The Morgan fingerprint density at radius 3 is 2.79 bits per heavy atom. The molecule has 4 nitrogen and oxygen atoms in total. The van der Waals surface area contributed by atoms with E-state index in [1.54, 1.807) is 12.1 Å². The van der Waals surface area contributed by atoms with Crippen molar-refractivity contribution in [1.29, 1.82) is 0 Å². The molecule has 1 atom stereocenters. The Labute approximate surface area is 121 Å². The number of halogens is 2. The summed E-state index contributed by atoms with van der Waals surface area (Å²) in [5.74, 6) is 1.54. The van der Waals surface area contributed by atoms with Crippen LogP contribution < -0.4 is 5.32 Å². The Kier molecular flexibility index (Phi) is 3.73. The van der Waals surface area contributed by atoms with Gasteiger partial charge in [-0.1, -0.05) is 29.6 Å². The molecule has 0 amide bonds. The van der Waals surface area contributed by atoms with Crippen LogP contribution in [0.2, 0.25) is 10.0 Å². The van der Waals surface area contributed by atoms with Crippen LogP contribution in [0.4, 0.5) is 0 Å². The van der Waals surface area contributed by atoms with Gasteiger partial charge in [-0.25, -0.2) is 4.98 Å². The van der Waals surface area contributed by atoms with Gasteiger partial charge in [0, 0.05) is 5.56 Å². The molecular weight excluding hydrogens is 283 g/mol. The number of nitrogens with zero attached hydrogens (tertiary/aromatic N) is 2. The molecule has 0 bridgehead atoms. The molecule has 19 heavy (non-hydrogen) atoms. The summed E-state index contributed by atoms with van der Waals surface area (Å²) in [5, 5.41) is 11.8. The van der Waals surface area contributed by atoms with Gasteiger partial charge in [-0.15, -0.1) is 0 Å². The number of aromatic nitrogens is 3. The average Bonchev–Trinajstić information content (AvgIpc) is 2.93. The fourth-order valence-corrected chi connectivity index (χ4v) is 2.58. The lowest BCUT2D eigenvalue weighted by molar-refractivity contribution is 0.398. The molecule has 100 valence electrons. The van der Waals surface area contributed by atoms with Crippen molar-refractivity contribution in [2.75, 3.05) is 6.54 Å². The van der Waals surface area contributed by atoms with Crippen LogP contribution in [-0.2, 0) is 0 Å². The van der Waals surface area contributed by atoms with Crippen molar-refractivity contribution >= 4 is 23.2 Å². The van der Waals surface area contributed by atoms with Crippen LogP contribution in [0.5, 0.6) is 0 Å². The fourth-order valence-electron chi connectivity index (χ4n) is 2.28. The molecule has 0 saturated carbocycles. The van der Waals surface area contributed by atoms with Gasteiger partial charge in [-0.2, -0.15) is 5.10 Å². The van der Waals surface area contributed by atoms with Gasteiger partial charge in [0.15, 0.2) is 5.82 Å². The van der Waals surface area contributed by atoms with E-state index in [1.165, 1.54) is 12.8 Å². The average molecular weight is 297 g/mol. The molecule has 1 saturated heterocycles. The number of benzene rings is 1. The predicted octanol–water partition coefficient (Wildman–Crippen LogP) is 3.59. The largest absolute Gasteiger partial charge is 0.307 e. The highest BCUT2D eigenvalue weighted by atomic mass is 35.5. The van der Waals surface area contributed by atoms with Crippen LogP contribution in [0.15, 0.2) is 18.2 Å². The minimum Gasteiger partial charge on any atom is -0.307 e. The molecule has 1 aromatic carbocycles. The van der Waals surface area contributed by atoms with Crippen molar-refractivity contribution in [1.82, 2.24) is 20.5 Å². The SMILES string of the molecule is Clc1ccc(-c2n[nH]c(C3CCCCN3)n2)cc1Cl. The summed E-state index contributed by atoms with van der Waals surface area (Å²) in [7, 11) is 0. The zero-order valence-corrected chi connectivity index (χ0v) is 11.8. The summed E-state index contributed by atoms with van der Waals surface area (Å²) in [6.45, 7) is 1.04. The smallest absolute Gasteiger partial charge is 0.181 e. The van der Waals surface area contributed by atoms with E-state index >= 15 is 0 Å². The molecule has 0 spiro atoms. The normalized spacial score (nSPS) is 19.6. The highest BCUT2D eigenvalue weighted by Gasteiger charge is 2.19. The summed E-state index contributed by atoms with van der Waals surface area (Å²) in [6.07, 6.45) is 3.54. The van der Waals surface area contributed by atoms with E-state index in [0.29, 0.717) is 15.9 Å². The Morgan fingerprint density at radius 1 is 1.16 bits per heavy atom. The Balaban J connectivity index is 1.85. The standard InChI is InChI=1S/C13H14Cl2N4/c14-9-5-4-8(7-10(9)15)12-17-13(19-18-12)11-3-1-2-6-16-11/h4-5,7,11,16H,1-3,6H2,(H,17,18,19).